The summed E-state index contributed by atoms with van der Waals surface area (Å²) in [5.74, 6) is -0.260. The number of aliphatic hydroxyl groups excluding tert-OH is 1. The summed E-state index contributed by atoms with van der Waals surface area (Å²) in [5.41, 5.74) is 2.29. The van der Waals surface area contributed by atoms with Gasteiger partial charge in [0.15, 0.2) is 0 Å². The van der Waals surface area contributed by atoms with Crippen molar-refractivity contribution in [2.45, 2.75) is 26.1 Å². The molecule has 0 aliphatic rings. The average molecular weight is 286 g/mol. The first-order chi connectivity index (χ1) is 10.1. The van der Waals surface area contributed by atoms with Crippen molar-refractivity contribution in [3.8, 4) is 5.75 Å². The van der Waals surface area contributed by atoms with Crippen molar-refractivity contribution >= 4 is 5.97 Å². The van der Waals surface area contributed by atoms with Crippen molar-refractivity contribution in [3.05, 3.63) is 65.2 Å². The summed E-state index contributed by atoms with van der Waals surface area (Å²) in [6.07, 6.45) is -0.645. The fourth-order valence-corrected chi connectivity index (χ4v) is 2.15. The highest BCUT2D eigenvalue weighted by molar-refractivity contribution is 5.70. The summed E-state index contributed by atoms with van der Waals surface area (Å²) in [6, 6.07) is 14.6. The van der Waals surface area contributed by atoms with E-state index in [2.05, 4.69) is 0 Å². The molecule has 110 valence electrons. The van der Waals surface area contributed by atoms with Crippen LogP contribution in [0.25, 0.3) is 0 Å². The van der Waals surface area contributed by atoms with Gasteiger partial charge in [-0.25, -0.2) is 0 Å². The average Bonchev–Trinajstić information content (AvgIpc) is 2.46. The smallest absolute Gasteiger partial charge is 0.307 e. The van der Waals surface area contributed by atoms with Gasteiger partial charge < -0.3 is 14.9 Å². The quantitative estimate of drug-likeness (QED) is 0.856. The van der Waals surface area contributed by atoms with Crippen LogP contribution in [-0.2, 0) is 17.8 Å². The molecule has 0 aliphatic carbocycles. The molecule has 0 spiro atoms. The molecule has 4 nitrogen and oxygen atoms in total. The Bertz CT molecular complexity index is 620. The number of rotatable bonds is 6. The second kappa shape index (κ2) is 6.90. The van der Waals surface area contributed by atoms with Crippen LogP contribution < -0.4 is 4.74 Å². The van der Waals surface area contributed by atoms with E-state index in [0.717, 1.165) is 11.1 Å². The molecule has 2 aromatic carbocycles. The van der Waals surface area contributed by atoms with Gasteiger partial charge in [-0.05, 0) is 24.1 Å². The molecule has 2 aromatic rings. The van der Waals surface area contributed by atoms with E-state index in [-0.39, 0.29) is 13.0 Å². The van der Waals surface area contributed by atoms with Crippen LogP contribution in [0.4, 0.5) is 0 Å². The number of aliphatic carboxylic acids is 1. The molecule has 2 N–H and O–H groups in total. The third kappa shape index (κ3) is 4.07. The van der Waals surface area contributed by atoms with E-state index in [1.807, 2.05) is 36.4 Å². The van der Waals surface area contributed by atoms with Gasteiger partial charge in [-0.1, -0.05) is 42.5 Å². The molecule has 0 fully saturated rings. The Hall–Kier alpha value is -2.33. The first-order valence-corrected chi connectivity index (χ1v) is 6.76. The zero-order valence-corrected chi connectivity index (χ0v) is 11.8. The van der Waals surface area contributed by atoms with Gasteiger partial charge in [-0.3, -0.25) is 4.79 Å². The summed E-state index contributed by atoms with van der Waals surface area (Å²) in [4.78, 5) is 10.9. The van der Waals surface area contributed by atoms with Gasteiger partial charge in [0.25, 0.3) is 0 Å². The first kappa shape index (κ1) is 15.1. The van der Waals surface area contributed by atoms with E-state index >= 15 is 0 Å². The number of carboxylic acid groups (broad SMARTS) is 1. The Labute approximate surface area is 123 Å². The van der Waals surface area contributed by atoms with Gasteiger partial charge in [0, 0.05) is 5.56 Å². The fourth-order valence-electron chi connectivity index (χ4n) is 2.15. The van der Waals surface area contributed by atoms with Crippen molar-refractivity contribution in [2.24, 2.45) is 0 Å². The molecule has 21 heavy (non-hydrogen) atoms. The van der Waals surface area contributed by atoms with Crippen LogP contribution in [0, 0.1) is 0 Å². The number of aliphatic hydroxyl groups is 1. The molecular weight excluding hydrogens is 268 g/mol. The van der Waals surface area contributed by atoms with Crippen LogP contribution in [0.1, 0.15) is 29.7 Å². The highest BCUT2D eigenvalue weighted by Crippen LogP contribution is 2.25. The minimum Gasteiger partial charge on any atom is -0.489 e. The lowest BCUT2D eigenvalue weighted by atomic mass is 10.1. The molecule has 2 rings (SSSR count). The maximum atomic E-state index is 10.9. The summed E-state index contributed by atoms with van der Waals surface area (Å²) in [5, 5.41) is 18.6. The van der Waals surface area contributed by atoms with Crippen LogP contribution in [0.2, 0.25) is 0 Å². The molecule has 0 unspecified atom stereocenters. The monoisotopic (exact) mass is 286 g/mol. The molecular formula is C17H18O4. The Morgan fingerprint density at radius 3 is 2.38 bits per heavy atom. The van der Waals surface area contributed by atoms with Gasteiger partial charge in [-0.15, -0.1) is 0 Å². The number of para-hydroxylation sites is 1. The van der Waals surface area contributed by atoms with E-state index in [9.17, 15) is 9.90 Å². The largest absolute Gasteiger partial charge is 0.489 e. The van der Waals surface area contributed by atoms with Gasteiger partial charge in [-0.2, -0.15) is 0 Å². The van der Waals surface area contributed by atoms with Crippen molar-refractivity contribution in [3.63, 3.8) is 0 Å². The predicted octanol–water partition coefficient (Wildman–Crippen LogP) is 2.95. The van der Waals surface area contributed by atoms with Crippen LogP contribution >= 0.6 is 0 Å². The molecule has 0 aliphatic heterocycles. The number of carboxylic acids is 1. The topological polar surface area (TPSA) is 66.8 Å². The Kier molecular flexibility index (Phi) is 4.95. The zero-order chi connectivity index (χ0) is 15.2. The van der Waals surface area contributed by atoms with Crippen LogP contribution in [0.15, 0.2) is 48.5 Å². The Balaban J connectivity index is 2.15. The Morgan fingerprint density at radius 2 is 1.71 bits per heavy atom. The number of hydrogen-bond acceptors (Lipinski definition) is 3. The van der Waals surface area contributed by atoms with E-state index in [1.54, 1.807) is 19.1 Å². The number of ether oxygens (including phenoxy) is 1. The highest BCUT2D eigenvalue weighted by Gasteiger charge is 2.10. The number of benzene rings is 2. The molecule has 0 amide bonds. The van der Waals surface area contributed by atoms with Gasteiger partial charge in [0.1, 0.15) is 12.4 Å². The fraction of sp³-hybridized carbons (Fsp3) is 0.235. The van der Waals surface area contributed by atoms with Gasteiger partial charge in [0.05, 0.1) is 12.5 Å². The summed E-state index contributed by atoms with van der Waals surface area (Å²) < 4.78 is 5.75. The second-order valence-corrected chi connectivity index (χ2v) is 4.84. The molecule has 0 heterocycles. The van der Waals surface area contributed by atoms with Gasteiger partial charge >= 0.3 is 5.97 Å². The zero-order valence-electron chi connectivity index (χ0n) is 11.8. The molecule has 0 saturated heterocycles. The minimum absolute atomic E-state index is 0.0302. The first-order valence-electron chi connectivity index (χ1n) is 6.76. The summed E-state index contributed by atoms with van der Waals surface area (Å²) in [7, 11) is 0. The van der Waals surface area contributed by atoms with E-state index in [0.29, 0.717) is 11.3 Å². The lowest BCUT2D eigenvalue weighted by molar-refractivity contribution is -0.136. The molecule has 1 atom stereocenters. The van der Waals surface area contributed by atoms with Gasteiger partial charge in [0.2, 0.25) is 0 Å². The summed E-state index contributed by atoms with van der Waals surface area (Å²) >= 11 is 0. The molecule has 0 radical (unpaired) electrons. The van der Waals surface area contributed by atoms with Crippen molar-refractivity contribution in [1.29, 1.82) is 0 Å². The van der Waals surface area contributed by atoms with Crippen LogP contribution in [0.3, 0.4) is 0 Å². The molecule has 4 heteroatoms. The standard InChI is InChI=1S/C17H18O4/c1-12(18)15-8-4-5-9-16(15)21-11-14-7-3-2-6-13(14)10-17(19)20/h2-9,12,18H,10-11H2,1H3,(H,19,20)/t12-/m0/s1. The summed E-state index contributed by atoms with van der Waals surface area (Å²) in [6.45, 7) is 1.95. The van der Waals surface area contributed by atoms with Crippen LogP contribution in [0.5, 0.6) is 5.75 Å². The van der Waals surface area contributed by atoms with E-state index in [4.69, 9.17) is 9.84 Å². The second-order valence-electron chi connectivity index (χ2n) is 4.84. The SMILES string of the molecule is C[C@H](O)c1ccccc1OCc1ccccc1CC(=O)O. The lowest BCUT2D eigenvalue weighted by Crippen LogP contribution is -2.07. The normalized spacial score (nSPS) is 11.9. The van der Waals surface area contributed by atoms with Crippen molar-refractivity contribution in [1.82, 2.24) is 0 Å². The maximum Gasteiger partial charge on any atom is 0.307 e. The number of hydrogen-bond donors (Lipinski definition) is 2. The third-order valence-electron chi connectivity index (χ3n) is 3.21. The molecule has 0 aromatic heterocycles. The predicted molar refractivity (Wildman–Crippen MR) is 79.2 cm³/mol. The highest BCUT2D eigenvalue weighted by atomic mass is 16.5. The van der Waals surface area contributed by atoms with E-state index in [1.165, 1.54) is 0 Å². The maximum absolute atomic E-state index is 10.9. The molecule has 0 saturated carbocycles. The van der Waals surface area contributed by atoms with Crippen LogP contribution in [-0.4, -0.2) is 16.2 Å². The van der Waals surface area contributed by atoms with Crippen molar-refractivity contribution in [2.75, 3.05) is 0 Å². The lowest BCUT2D eigenvalue weighted by Gasteiger charge is -2.14. The van der Waals surface area contributed by atoms with E-state index < -0.39 is 12.1 Å². The minimum atomic E-state index is -0.869. The molecule has 0 bridgehead atoms. The Morgan fingerprint density at radius 1 is 1.10 bits per heavy atom. The number of carbonyl (C=O) groups is 1. The van der Waals surface area contributed by atoms with Crippen molar-refractivity contribution < 1.29 is 19.7 Å². The third-order valence-corrected chi connectivity index (χ3v) is 3.21.